The molecule has 0 saturated carbocycles. The Bertz CT molecular complexity index is 633. The van der Waals surface area contributed by atoms with E-state index < -0.39 is 15.7 Å². The molecule has 21 heavy (non-hydrogen) atoms. The lowest BCUT2D eigenvalue weighted by Gasteiger charge is -2.47. The van der Waals surface area contributed by atoms with Crippen molar-refractivity contribution in [3.05, 3.63) is 17.6 Å². The molecule has 0 radical (unpaired) electrons. The van der Waals surface area contributed by atoms with Crippen LogP contribution in [0.2, 0.25) is 0 Å². The molecule has 0 spiro atoms. The van der Waals surface area contributed by atoms with Gasteiger partial charge < -0.3 is 4.90 Å². The van der Waals surface area contributed by atoms with Gasteiger partial charge in [0.1, 0.15) is 12.1 Å². The Morgan fingerprint density at radius 1 is 1.33 bits per heavy atom. The molecule has 8 heteroatoms. The van der Waals surface area contributed by atoms with E-state index in [9.17, 15) is 8.42 Å². The Morgan fingerprint density at radius 3 is 2.57 bits per heavy atom. The molecule has 1 aromatic heterocycles. The molecule has 1 unspecified atom stereocenters. The molecule has 0 aromatic carbocycles. The van der Waals surface area contributed by atoms with Gasteiger partial charge in [-0.25, -0.2) is 15.1 Å². The van der Waals surface area contributed by atoms with Gasteiger partial charge in [-0.05, 0) is 27.2 Å². The number of hydrogen-bond acceptors (Lipinski definition) is 5. The fourth-order valence-electron chi connectivity index (χ4n) is 2.80. The molecule has 1 aliphatic heterocycles. The lowest BCUT2D eigenvalue weighted by atomic mass is 9.95. The summed E-state index contributed by atoms with van der Waals surface area (Å²) in [4.78, 5) is 10.7. The largest absolute Gasteiger partial charge is 0.353 e. The molecule has 0 aliphatic carbocycles. The van der Waals surface area contributed by atoms with Gasteiger partial charge in [-0.1, -0.05) is 6.92 Å². The van der Waals surface area contributed by atoms with Gasteiger partial charge >= 0.3 is 0 Å². The second-order valence-electron chi connectivity index (χ2n) is 5.80. The first kappa shape index (κ1) is 16.1. The molecule has 1 aliphatic rings. The van der Waals surface area contributed by atoms with E-state index in [0.717, 1.165) is 17.1 Å². The van der Waals surface area contributed by atoms with Gasteiger partial charge in [0.2, 0.25) is 0 Å². The Hall–Kier alpha value is -1.25. The summed E-state index contributed by atoms with van der Waals surface area (Å²) in [7, 11) is -3.70. The Morgan fingerprint density at radius 2 is 2.00 bits per heavy atom. The van der Waals surface area contributed by atoms with Gasteiger partial charge in [-0.15, -0.1) is 0 Å². The van der Waals surface area contributed by atoms with E-state index >= 15 is 0 Å². The summed E-state index contributed by atoms with van der Waals surface area (Å²) in [5.41, 5.74) is 1.43. The van der Waals surface area contributed by atoms with Gasteiger partial charge in [0.05, 0.1) is 5.54 Å². The predicted molar refractivity (Wildman–Crippen MR) is 82.2 cm³/mol. The first-order valence-electron chi connectivity index (χ1n) is 7.03. The second-order valence-corrected chi connectivity index (χ2v) is 7.27. The van der Waals surface area contributed by atoms with Gasteiger partial charge in [0.15, 0.2) is 0 Å². The minimum atomic E-state index is -3.70. The molecule has 2 rings (SSSR count). The number of nitrogens with two attached hydrogens (primary N) is 1. The van der Waals surface area contributed by atoms with Gasteiger partial charge in [0, 0.05) is 30.9 Å². The fourth-order valence-corrected chi connectivity index (χ4v) is 3.94. The standard InChI is InChI=1S/C13H23N5O2S/c1-5-13(4)8-17(6-7-18(13)21(14,19)20)12-10(2)11(3)15-9-16-12/h9H,5-8H2,1-4H3,(H2,14,19,20). The third-order valence-corrected chi connectivity index (χ3v) is 5.62. The predicted octanol–water partition coefficient (Wildman–Crippen LogP) is 0.588. The molecular formula is C13H23N5O2S. The molecule has 0 bridgehead atoms. The SMILES string of the molecule is CCC1(C)CN(c2ncnc(C)c2C)CCN1S(N)(=O)=O. The molecule has 2 N–H and O–H groups in total. The summed E-state index contributed by atoms with van der Waals surface area (Å²) in [5.74, 6) is 0.872. The highest BCUT2D eigenvalue weighted by molar-refractivity contribution is 7.86. The summed E-state index contributed by atoms with van der Waals surface area (Å²) in [6.07, 6.45) is 2.23. The molecule has 118 valence electrons. The first-order valence-corrected chi connectivity index (χ1v) is 8.53. The Labute approximate surface area is 126 Å². The molecule has 1 saturated heterocycles. The number of anilines is 1. The minimum Gasteiger partial charge on any atom is -0.353 e. The molecule has 2 heterocycles. The van der Waals surface area contributed by atoms with Crippen molar-refractivity contribution >= 4 is 16.0 Å². The number of piperazine rings is 1. The van der Waals surface area contributed by atoms with Crippen molar-refractivity contribution in [3.63, 3.8) is 0 Å². The van der Waals surface area contributed by atoms with Crippen LogP contribution in [0.15, 0.2) is 6.33 Å². The lowest BCUT2D eigenvalue weighted by Crippen LogP contribution is -2.63. The van der Waals surface area contributed by atoms with Crippen molar-refractivity contribution in [2.45, 2.75) is 39.7 Å². The van der Waals surface area contributed by atoms with Crippen molar-refractivity contribution < 1.29 is 8.42 Å². The molecule has 1 fully saturated rings. The zero-order valence-corrected chi connectivity index (χ0v) is 13.8. The number of aryl methyl sites for hydroxylation is 1. The van der Waals surface area contributed by atoms with Crippen LogP contribution in [0.25, 0.3) is 0 Å². The number of rotatable bonds is 3. The van der Waals surface area contributed by atoms with Gasteiger partial charge in [-0.3, -0.25) is 0 Å². The van der Waals surface area contributed by atoms with E-state index in [2.05, 4.69) is 14.9 Å². The summed E-state index contributed by atoms with van der Waals surface area (Å²) < 4.78 is 25.0. The van der Waals surface area contributed by atoms with Crippen LogP contribution < -0.4 is 10.0 Å². The van der Waals surface area contributed by atoms with Crippen molar-refractivity contribution in [2.24, 2.45) is 5.14 Å². The zero-order chi connectivity index (χ0) is 15.8. The average molecular weight is 313 g/mol. The highest BCUT2D eigenvalue weighted by atomic mass is 32.2. The summed E-state index contributed by atoms with van der Waals surface area (Å²) in [6, 6.07) is 0. The van der Waals surface area contributed by atoms with E-state index in [0.29, 0.717) is 26.1 Å². The summed E-state index contributed by atoms with van der Waals surface area (Å²) in [5, 5.41) is 5.35. The maximum atomic E-state index is 11.8. The third kappa shape index (κ3) is 3.02. The molecule has 1 aromatic rings. The molecular weight excluding hydrogens is 290 g/mol. The van der Waals surface area contributed by atoms with Crippen LogP contribution in [0.4, 0.5) is 5.82 Å². The van der Waals surface area contributed by atoms with E-state index in [1.54, 1.807) is 6.33 Å². The van der Waals surface area contributed by atoms with E-state index in [-0.39, 0.29) is 0 Å². The highest BCUT2D eigenvalue weighted by Crippen LogP contribution is 2.30. The molecule has 7 nitrogen and oxygen atoms in total. The van der Waals surface area contributed by atoms with Crippen LogP contribution in [-0.4, -0.2) is 47.9 Å². The van der Waals surface area contributed by atoms with Crippen LogP contribution in [0, 0.1) is 13.8 Å². The number of hydrogen-bond donors (Lipinski definition) is 1. The second kappa shape index (κ2) is 5.51. The van der Waals surface area contributed by atoms with E-state index in [4.69, 9.17) is 5.14 Å². The molecule has 1 atom stereocenters. The molecule has 0 amide bonds. The van der Waals surface area contributed by atoms with Crippen LogP contribution in [0.3, 0.4) is 0 Å². The maximum Gasteiger partial charge on any atom is 0.277 e. The number of nitrogens with zero attached hydrogens (tertiary/aromatic N) is 4. The zero-order valence-electron chi connectivity index (χ0n) is 13.0. The summed E-state index contributed by atoms with van der Waals surface area (Å²) >= 11 is 0. The Balaban J connectivity index is 2.34. The maximum absolute atomic E-state index is 11.8. The highest BCUT2D eigenvalue weighted by Gasteiger charge is 2.42. The quantitative estimate of drug-likeness (QED) is 0.881. The first-order chi connectivity index (χ1) is 9.69. The van der Waals surface area contributed by atoms with Gasteiger partial charge in [0.25, 0.3) is 10.2 Å². The normalized spacial score (nSPS) is 24.3. The van der Waals surface area contributed by atoms with Crippen molar-refractivity contribution in [3.8, 4) is 0 Å². The van der Waals surface area contributed by atoms with Crippen LogP contribution in [0.5, 0.6) is 0 Å². The smallest absolute Gasteiger partial charge is 0.277 e. The van der Waals surface area contributed by atoms with E-state index in [1.165, 1.54) is 4.31 Å². The van der Waals surface area contributed by atoms with Crippen LogP contribution in [-0.2, 0) is 10.2 Å². The van der Waals surface area contributed by atoms with Crippen LogP contribution in [0.1, 0.15) is 31.5 Å². The Kier molecular flexibility index (Phi) is 4.23. The fraction of sp³-hybridized carbons (Fsp3) is 0.692. The topological polar surface area (TPSA) is 92.4 Å². The average Bonchev–Trinajstić information content (AvgIpc) is 2.40. The van der Waals surface area contributed by atoms with E-state index in [1.807, 2.05) is 27.7 Å². The van der Waals surface area contributed by atoms with Crippen molar-refractivity contribution in [1.82, 2.24) is 14.3 Å². The van der Waals surface area contributed by atoms with Crippen molar-refractivity contribution in [2.75, 3.05) is 24.5 Å². The third-order valence-electron chi connectivity index (χ3n) is 4.38. The monoisotopic (exact) mass is 313 g/mol. The lowest BCUT2D eigenvalue weighted by molar-refractivity contribution is 0.178. The number of aromatic nitrogens is 2. The minimum absolute atomic E-state index is 0.367. The summed E-state index contributed by atoms with van der Waals surface area (Å²) in [6.45, 7) is 9.33. The van der Waals surface area contributed by atoms with Crippen molar-refractivity contribution in [1.29, 1.82) is 0 Å². The van der Waals surface area contributed by atoms with Gasteiger partial charge in [-0.2, -0.15) is 12.7 Å². The van der Waals surface area contributed by atoms with Crippen LogP contribution >= 0.6 is 0 Å².